The van der Waals surface area contributed by atoms with E-state index in [9.17, 15) is 4.79 Å². The molecule has 2 aromatic rings. The van der Waals surface area contributed by atoms with Gasteiger partial charge in [-0.05, 0) is 17.2 Å². The number of rotatable bonds is 4. The Morgan fingerprint density at radius 1 is 1.14 bits per heavy atom. The van der Waals surface area contributed by atoms with Crippen LogP contribution in [-0.4, -0.2) is 13.1 Å². The minimum atomic E-state index is -0.344. The Morgan fingerprint density at radius 2 is 1.73 bits per heavy atom. The number of halogens is 1. The lowest BCUT2D eigenvalue weighted by Gasteiger charge is -2.02. The highest BCUT2D eigenvalue weighted by Gasteiger charge is 2.06. The molecule has 2 rings (SSSR count). The highest BCUT2D eigenvalue weighted by atomic mass is 35.5. The summed E-state index contributed by atoms with van der Waals surface area (Å²) < 4.78 is 4.55. The lowest BCUT2D eigenvalue weighted by atomic mass is 10.1. The Labute approximate surface area is 136 Å². The van der Waals surface area contributed by atoms with Crippen LogP contribution in [0.5, 0.6) is 0 Å². The molecule has 3 heteroatoms. The average molecular weight is 315 g/mol. The van der Waals surface area contributed by atoms with Gasteiger partial charge >= 0.3 is 5.97 Å². The Hall–Kier alpha value is -2.32. The summed E-state index contributed by atoms with van der Waals surface area (Å²) in [6.45, 7) is 7.25. The third kappa shape index (κ3) is 5.98. The van der Waals surface area contributed by atoms with Gasteiger partial charge in [-0.15, -0.1) is 0 Å². The summed E-state index contributed by atoms with van der Waals surface area (Å²) >= 11 is 5.75. The van der Waals surface area contributed by atoms with E-state index in [0.717, 1.165) is 16.1 Å². The number of methoxy groups -OCH3 is 1. The number of ether oxygens (including phenoxy) is 1. The molecular formula is C19H19ClO2. The van der Waals surface area contributed by atoms with E-state index in [1.54, 1.807) is 6.08 Å². The van der Waals surface area contributed by atoms with Crippen molar-refractivity contribution in [1.29, 1.82) is 0 Å². The fourth-order valence-electron chi connectivity index (χ4n) is 1.70. The van der Waals surface area contributed by atoms with Crippen molar-refractivity contribution >= 4 is 23.6 Å². The van der Waals surface area contributed by atoms with Crippen LogP contribution in [0.4, 0.5) is 0 Å². The number of esters is 1. The van der Waals surface area contributed by atoms with Crippen LogP contribution in [0.15, 0.2) is 73.3 Å². The fraction of sp³-hybridized carbons (Fsp3) is 0.105. The molecule has 0 aliphatic rings. The van der Waals surface area contributed by atoms with Crippen LogP contribution in [-0.2, 0) is 16.0 Å². The third-order valence-corrected chi connectivity index (χ3v) is 3.20. The molecule has 0 fully saturated rings. The number of hydrogen-bond donors (Lipinski definition) is 0. The zero-order chi connectivity index (χ0) is 16.4. The van der Waals surface area contributed by atoms with Crippen molar-refractivity contribution in [3.63, 3.8) is 0 Å². The van der Waals surface area contributed by atoms with Crippen LogP contribution in [0.1, 0.15) is 11.1 Å². The minimum Gasteiger partial charge on any atom is -0.466 e. The van der Waals surface area contributed by atoms with Crippen LogP contribution in [0.3, 0.4) is 0 Å². The van der Waals surface area contributed by atoms with Gasteiger partial charge in [-0.2, -0.15) is 0 Å². The van der Waals surface area contributed by atoms with Crippen molar-refractivity contribution in [3.8, 4) is 0 Å². The molecule has 0 aliphatic carbocycles. The van der Waals surface area contributed by atoms with Crippen molar-refractivity contribution in [2.45, 2.75) is 6.42 Å². The van der Waals surface area contributed by atoms with Gasteiger partial charge in [-0.25, -0.2) is 4.79 Å². The van der Waals surface area contributed by atoms with E-state index < -0.39 is 0 Å². The van der Waals surface area contributed by atoms with Crippen molar-refractivity contribution < 1.29 is 9.53 Å². The van der Waals surface area contributed by atoms with E-state index in [1.165, 1.54) is 7.11 Å². The third-order valence-electron chi connectivity index (χ3n) is 2.86. The van der Waals surface area contributed by atoms with Crippen molar-refractivity contribution in [2.75, 3.05) is 7.11 Å². The van der Waals surface area contributed by atoms with Gasteiger partial charge in [0, 0.05) is 17.0 Å². The SMILES string of the molecule is C=C(Cc1ccccc1)C(=O)OC.C=Cc1ccccc1Cl. The minimum absolute atomic E-state index is 0.344. The first kappa shape index (κ1) is 17.7. The monoisotopic (exact) mass is 314 g/mol. The Balaban J connectivity index is 0.000000235. The first-order chi connectivity index (χ1) is 10.6. The van der Waals surface area contributed by atoms with Gasteiger partial charge in [0.2, 0.25) is 0 Å². The van der Waals surface area contributed by atoms with Crippen LogP contribution >= 0.6 is 11.6 Å². The van der Waals surface area contributed by atoms with E-state index in [0.29, 0.717) is 12.0 Å². The Bertz CT molecular complexity index is 633. The van der Waals surface area contributed by atoms with E-state index >= 15 is 0 Å². The van der Waals surface area contributed by atoms with E-state index in [4.69, 9.17) is 11.6 Å². The topological polar surface area (TPSA) is 26.3 Å². The molecule has 0 saturated carbocycles. The maximum Gasteiger partial charge on any atom is 0.333 e. The maximum atomic E-state index is 11.0. The molecule has 2 nitrogen and oxygen atoms in total. The van der Waals surface area contributed by atoms with Crippen LogP contribution < -0.4 is 0 Å². The molecule has 0 spiro atoms. The van der Waals surface area contributed by atoms with Crippen molar-refractivity contribution in [3.05, 3.63) is 89.5 Å². The molecule has 0 saturated heterocycles. The first-order valence-corrected chi connectivity index (χ1v) is 7.13. The smallest absolute Gasteiger partial charge is 0.333 e. The van der Waals surface area contributed by atoms with Gasteiger partial charge in [-0.3, -0.25) is 0 Å². The summed E-state index contributed by atoms with van der Waals surface area (Å²) in [6.07, 6.45) is 2.29. The molecule has 0 atom stereocenters. The van der Waals surface area contributed by atoms with Gasteiger partial charge in [0.25, 0.3) is 0 Å². The summed E-state index contributed by atoms with van der Waals surface area (Å²) in [4.78, 5) is 11.0. The normalized spacial score (nSPS) is 9.18. The second-order valence-electron chi connectivity index (χ2n) is 4.48. The molecule has 0 unspecified atom stereocenters. The molecule has 0 aliphatic heterocycles. The second-order valence-corrected chi connectivity index (χ2v) is 4.89. The highest BCUT2D eigenvalue weighted by molar-refractivity contribution is 6.32. The van der Waals surface area contributed by atoms with Gasteiger partial charge in [0.05, 0.1) is 7.11 Å². The summed E-state index contributed by atoms with van der Waals surface area (Å²) in [5.74, 6) is -0.344. The van der Waals surface area contributed by atoms with Crippen molar-refractivity contribution in [1.82, 2.24) is 0 Å². The number of carbonyl (C=O) groups is 1. The van der Waals surface area contributed by atoms with Crippen LogP contribution in [0.25, 0.3) is 6.08 Å². The van der Waals surface area contributed by atoms with E-state index in [1.807, 2.05) is 54.6 Å². The predicted octanol–water partition coefficient (Wildman–Crippen LogP) is 4.94. The average Bonchev–Trinajstić information content (AvgIpc) is 2.56. The predicted molar refractivity (Wildman–Crippen MR) is 92.8 cm³/mol. The quantitative estimate of drug-likeness (QED) is 0.590. The summed E-state index contributed by atoms with van der Waals surface area (Å²) in [5.41, 5.74) is 2.53. The molecule has 0 radical (unpaired) electrons. The lowest BCUT2D eigenvalue weighted by molar-refractivity contribution is -0.136. The maximum absolute atomic E-state index is 11.0. The molecule has 2 aromatic carbocycles. The summed E-state index contributed by atoms with van der Waals surface area (Å²) in [7, 11) is 1.36. The molecular weight excluding hydrogens is 296 g/mol. The number of carbonyl (C=O) groups excluding carboxylic acids is 1. The summed E-state index contributed by atoms with van der Waals surface area (Å²) in [6, 6.07) is 17.3. The fourth-order valence-corrected chi connectivity index (χ4v) is 1.91. The Kier molecular flexibility index (Phi) is 7.73. The zero-order valence-electron chi connectivity index (χ0n) is 12.6. The van der Waals surface area contributed by atoms with E-state index in [2.05, 4.69) is 17.9 Å². The van der Waals surface area contributed by atoms with Gasteiger partial charge in [0.1, 0.15) is 0 Å². The molecule has 0 heterocycles. The van der Waals surface area contributed by atoms with Gasteiger partial charge < -0.3 is 4.74 Å². The highest BCUT2D eigenvalue weighted by Crippen LogP contribution is 2.14. The molecule has 0 N–H and O–H groups in total. The molecule has 22 heavy (non-hydrogen) atoms. The lowest BCUT2D eigenvalue weighted by Crippen LogP contribution is -2.05. The van der Waals surface area contributed by atoms with Crippen LogP contribution in [0, 0.1) is 0 Å². The number of hydrogen-bond acceptors (Lipinski definition) is 2. The first-order valence-electron chi connectivity index (χ1n) is 6.75. The summed E-state index contributed by atoms with van der Waals surface area (Å²) in [5, 5.41) is 0.757. The molecule has 114 valence electrons. The standard InChI is InChI=1S/C11H12O2.C8H7Cl/c1-9(11(12)13-2)8-10-6-4-3-5-7-10;1-2-7-5-3-4-6-8(7)9/h3-7H,1,8H2,2H3;2-6H,1H2. The molecule has 0 bridgehead atoms. The zero-order valence-corrected chi connectivity index (χ0v) is 13.3. The molecule has 0 amide bonds. The van der Waals surface area contributed by atoms with E-state index in [-0.39, 0.29) is 5.97 Å². The van der Waals surface area contributed by atoms with Crippen LogP contribution in [0.2, 0.25) is 5.02 Å². The molecule has 0 aromatic heterocycles. The largest absolute Gasteiger partial charge is 0.466 e. The van der Waals surface area contributed by atoms with Gasteiger partial charge in [0.15, 0.2) is 0 Å². The van der Waals surface area contributed by atoms with Crippen molar-refractivity contribution in [2.24, 2.45) is 0 Å². The Morgan fingerprint density at radius 3 is 2.23 bits per heavy atom. The van der Waals surface area contributed by atoms with Gasteiger partial charge in [-0.1, -0.05) is 79.4 Å². The number of benzene rings is 2. The second kappa shape index (κ2) is 9.59.